The standard InChI is InChI=1S/C12H14N3O2P.C6H6/c13-18-14-6-7-16-11(14)12-15(18)10(8-17-12)9-4-2-1-3-5-9;1-2-4-6-5-3-1/h1-5,10H,6-8,13H2;1-6H. The Morgan fingerprint density at radius 3 is 2.17 bits per heavy atom. The van der Waals surface area contributed by atoms with Crippen LogP contribution in [0.15, 0.2) is 78.5 Å². The maximum Gasteiger partial charge on any atom is 0.258 e. The molecule has 124 valence electrons. The minimum atomic E-state index is -0.866. The Labute approximate surface area is 143 Å². The zero-order valence-electron chi connectivity index (χ0n) is 13.3. The number of nitrogens with two attached hydrogens (primary N) is 1. The molecular weight excluding hydrogens is 321 g/mol. The van der Waals surface area contributed by atoms with Crippen molar-refractivity contribution in [2.24, 2.45) is 5.50 Å². The van der Waals surface area contributed by atoms with Crippen molar-refractivity contribution < 1.29 is 9.47 Å². The molecule has 2 aromatic carbocycles. The third-order valence-electron chi connectivity index (χ3n) is 4.16. The zero-order chi connectivity index (χ0) is 16.4. The molecule has 0 aliphatic carbocycles. The quantitative estimate of drug-likeness (QED) is 0.806. The molecule has 0 aromatic heterocycles. The van der Waals surface area contributed by atoms with Gasteiger partial charge in [0.05, 0.1) is 12.6 Å². The van der Waals surface area contributed by atoms with Crippen LogP contribution in [0.25, 0.3) is 0 Å². The van der Waals surface area contributed by atoms with Crippen molar-refractivity contribution in [3.8, 4) is 0 Å². The highest BCUT2D eigenvalue weighted by molar-refractivity contribution is 7.50. The molecule has 0 bridgehead atoms. The van der Waals surface area contributed by atoms with Crippen molar-refractivity contribution in [1.82, 2.24) is 9.34 Å². The van der Waals surface area contributed by atoms with Crippen LogP contribution in [0.4, 0.5) is 0 Å². The summed E-state index contributed by atoms with van der Waals surface area (Å²) in [5, 5.41) is 0. The first-order valence-corrected chi connectivity index (χ1v) is 9.34. The molecular formula is C18H20N3O2P. The van der Waals surface area contributed by atoms with Crippen molar-refractivity contribution >= 4 is 8.37 Å². The molecule has 5 nitrogen and oxygen atoms in total. The summed E-state index contributed by atoms with van der Waals surface area (Å²) in [6.07, 6.45) is 0. The van der Waals surface area contributed by atoms with Gasteiger partial charge in [-0.05, 0) is 5.56 Å². The van der Waals surface area contributed by atoms with Crippen LogP contribution in [0.3, 0.4) is 0 Å². The van der Waals surface area contributed by atoms with Gasteiger partial charge in [0.1, 0.15) is 13.2 Å². The second kappa shape index (κ2) is 6.71. The molecule has 2 atom stereocenters. The predicted octanol–water partition coefficient (Wildman–Crippen LogP) is 3.40. The molecule has 0 radical (unpaired) electrons. The van der Waals surface area contributed by atoms with E-state index in [1.54, 1.807) is 0 Å². The Balaban J connectivity index is 0.000000207. The molecule has 2 saturated heterocycles. The predicted molar refractivity (Wildman–Crippen MR) is 94.2 cm³/mol. The van der Waals surface area contributed by atoms with E-state index in [2.05, 4.69) is 21.5 Å². The van der Waals surface area contributed by atoms with Crippen LogP contribution in [-0.2, 0) is 9.47 Å². The van der Waals surface area contributed by atoms with Crippen LogP contribution in [0, 0.1) is 0 Å². The Kier molecular flexibility index (Phi) is 4.28. The Hall–Kier alpha value is -2.23. The average molecular weight is 341 g/mol. The van der Waals surface area contributed by atoms with Crippen molar-refractivity contribution in [2.45, 2.75) is 6.04 Å². The van der Waals surface area contributed by atoms with Gasteiger partial charge in [-0.25, -0.2) is 0 Å². The second-order valence-electron chi connectivity index (χ2n) is 5.64. The van der Waals surface area contributed by atoms with Gasteiger partial charge < -0.3 is 9.47 Å². The average Bonchev–Trinajstić information content (AvgIpc) is 3.34. The van der Waals surface area contributed by atoms with E-state index in [9.17, 15) is 0 Å². The van der Waals surface area contributed by atoms with Gasteiger partial charge in [-0.2, -0.15) is 0 Å². The van der Waals surface area contributed by atoms with E-state index in [-0.39, 0.29) is 6.04 Å². The Morgan fingerprint density at radius 2 is 1.50 bits per heavy atom. The smallest absolute Gasteiger partial charge is 0.258 e. The Bertz CT molecular complexity index is 684. The van der Waals surface area contributed by atoms with E-state index in [1.807, 2.05) is 54.6 Å². The molecule has 0 saturated carbocycles. The summed E-state index contributed by atoms with van der Waals surface area (Å²) in [5.74, 6) is 1.66. The van der Waals surface area contributed by atoms with E-state index in [0.29, 0.717) is 13.2 Å². The maximum atomic E-state index is 6.35. The monoisotopic (exact) mass is 341 g/mol. The molecule has 2 aromatic rings. The lowest BCUT2D eigenvalue weighted by atomic mass is 10.1. The summed E-state index contributed by atoms with van der Waals surface area (Å²) >= 11 is 0. The molecule has 6 heteroatoms. The molecule has 0 spiro atoms. The number of rotatable bonds is 1. The van der Waals surface area contributed by atoms with Crippen LogP contribution < -0.4 is 5.50 Å². The fourth-order valence-corrected chi connectivity index (χ4v) is 4.68. The first kappa shape index (κ1) is 15.3. The molecule has 2 unspecified atom stereocenters. The minimum Gasteiger partial charge on any atom is -0.473 e. The van der Waals surface area contributed by atoms with E-state index in [1.165, 1.54) is 5.56 Å². The summed E-state index contributed by atoms with van der Waals surface area (Å²) < 4.78 is 15.7. The van der Waals surface area contributed by atoms with Gasteiger partial charge in [-0.15, -0.1) is 0 Å². The zero-order valence-corrected chi connectivity index (χ0v) is 14.2. The molecule has 3 aliphatic rings. The van der Waals surface area contributed by atoms with E-state index >= 15 is 0 Å². The lowest BCUT2D eigenvalue weighted by Crippen LogP contribution is -2.24. The van der Waals surface area contributed by atoms with Gasteiger partial charge in [0.15, 0.2) is 8.37 Å². The number of nitrogens with zero attached hydrogens (tertiary/aromatic N) is 2. The summed E-state index contributed by atoms with van der Waals surface area (Å²) in [6, 6.07) is 22.6. The van der Waals surface area contributed by atoms with E-state index in [4.69, 9.17) is 15.0 Å². The number of fused-ring (bicyclic) bond motifs is 2. The molecule has 0 amide bonds. The highest BCUT2D eigenvalue weighted by atomic mass is 31.1. The normalized spacial score (nSPS) is 23.9. The van der Waals surface area contributed by atoms with Gasteiger partial charge in [0, 0.05) is 0 Å². The summed E-state index contributed by atoms with van der Waals surface area (Å²) in [7, 11) is -0.866. The molecule has 2 fully saturated rings. The third kappa shape index (κ3) is 2.70. The molecule has 5 rings (SSSR count). The fraction of sp³-hybridized carbons (Fsp3) is 0.222. The van der Waals surface area contributed by atoms with Gasteiger partial charge in [-0.3, -0.25) is 14.8 Å². The van der Waals surface area contributed by atoms with Crippen LogP contribution in [0.5, 0.6) is 0 Å². The third-order valence-corrected chi connectivity index (χ3v) is 5.94. The number of benzene rings is 2. The van der Waals surface area contributed by atoms with Gasteiger partial charge in [0.2, 0.25) is 0 Å². The van der Waals surface area contributed by atoms with E-state index < -0.39 is 8.37 Å². The van der Waals surface area contributed by atoms with Crippen LogP contribution in [0.2, 0.25) is 0 Å². The Morgan fingerprint density at radius 1 is 0.875 bits per heavy atom. The van der Waals surface area contributed by atoms with E-state index in [0.717, 1.165) is 18.3 Å². The summed E-state index contributed by atoms with van der Waals surface area (Å²) in [6.45, 7) is 2.22. The van der Waals surface area contributed by atoms with Crippen molar-refractivity contribution in [3.05, 3.63) is 84.1 Å². The van der Waals surface area contributed by atoms with Gasteiger partial charge >= 0.3 is 0 Å². The lowest BCUT2D eigenvalue weighted by molar-refractivity contribution is 0.190. The number of hydrogen-bond acceptors (Lipinski definition) is 5. The van der Waals surface area contributed by atoms with Crippen LogP contribution in [-0.4, -0.2) is 29.1 Å². The largest absolute Gasteiger partial charge is 0.473 e. The minimum absolute atomic E-state index is 0.207. The second-order valence-corrected chi connectivity index (χ2v) is 7.19. The lowest BCUT2D eigenvalue weighted by Gasteiger charge is -2.28. The fourth-order valence-electron chi connectivity index (χ4n) is 3.02. The molecule has 24 heavy (non-hydrogen) atoms. The van der Waals surface area contributed by atoms with Crippen molar-refractivity contribution in [1.29, 1.82) is 0 Å². The highest BCUT2D eigenvalue weighted by Gasteiger charge is 2.49. The number of ether oxygens (including phenoxy) is 2. The van der Waals surface area contributed by atoms with Gasteiger partial charge in [0.25, 0.3) is 11.8 Å². The highest BCUT2D eigenvalue weighted by Crippen LogP contribution is 2.58. The van der Waals surface area contributed by atoms with Gasteiger partial charge in [-0.1, -0.05) is 66.7 Å². The molecule has 2 N–H and O–H groups in total. The topological polar surface area (TPSA) is 51.0 Å². The van der Waals surface area contributed by atoms with Crippen molar-refractivity contribution in [3.63, 3.8) is 0 Å². The first-order valence-electron chi connectivity index (χ1n) is 8.02. The number of hydrogen-bond donors (Lipinski definition) is 1. The first-order chi connectivity index (χ1) is 11.9. The van der Waals surface area contributed by atoms with Crippen molar-refractivity contribution in [2.75, 3.05) is 19.8 Å². The molecule has 3 aliphatic heterocycles. The summed E-state index contributed by atoms with van der Waals surface area (Å²) in [5.41, 5.74) is 7.59. The van der Waals surface area contributed by atoms with Crippen LogP contribution >= 0.6 is 8.37 Å². The summed E-state index contributed by atoms with van der Waals surface area (Å²) in [4.78, 5) is 0. The SMILES string of the molecule is NP1N2CCOC2=C2OCC(c3ccccc3)N21.c1ccccc1. The molecule has 3 heterocycles. The van der Waals surface area contributed by atoms with Crippen LogP contribution in [0.1, 0.15) is 11.6 Å². The maximum absolute atomic E-state index is 6.35.